The fraction of sp³-hybridized carbons (Fsp3) is 0.625. The van der Waals surface area contributed by atoms with E-state index in [1.807, 2.05) is 6.07 Å². The minimum absolute atomic E-state index is 0.328. The van der Waals surface area contributed by atoms with Gasteiger partial charge in [0.15, 0.2) is 5.69 Å². The second-order valence-electron chi connectivity index (χ2n) is 6.02. The van der Waals surface area contributed by atoms with Crippen LogP contribution in [0.4, 0.5) is 5.69 Å². The van der Waals surface area contributed by atoms with Crippen molar-refractivity contribution >= 4 is 11.7 Å². The molecule has 6 nitrogen and oxygen atoms in total. The minimum atomic E-state index is -0.415. The molecular weight excluding hydrogens is 284 g/mol. The number of piperidine rings is 1. The van der Waals surface area contributed by atoms with Gasteiger partial charge >= 0.3 is 5.97 Å². The molecule has 0 amide bonds. The lowest BCUT2D eigenvalue weighted by Gasteiger charge is -2.39. The molecule has 0 unspecified atom stereocenters. The molecule has 3 rings (SSSR count). The minimum Gasteiger partial charge on any atom is -0.495 e. The van der Waals surface area contributed by atoms with Gasteiger partial charge in [0.2, 0.25) is 0 Å². The van der Waals surface area contributed by atoms with Gasteiger partial charge in [-0.3, -0.25) is 0 Å². The fourth-order valence-electron chi connectivity index (χ4n) is 3.31. The Bertz CT molecular complexity index is 545. The first-order valence-electron chi connectivity index (χ1n) is 7.62. The molecule has 1 aromatic heterocycles. The van der Waals surface area contributed by atoms with Gasteiger partial charge in [0.1, 0.15) is 5.75 Å². The van der Waals surface area contributed by atoms with Gasteiger partial charge < -0.3 is 19.1 Å². The van der Waals surface area contributed by atoms with E-state index in [0.29, 0.717) is 16.9 Å². The molecule has 3 heterocycles. The van der Waals surface area contributed by atoms with Crippen LogP contribution < -0.4 is 9.64 Å². The molecule has 0 N–H and O–H groups in total. The van der Waals surface area contributed by atoms with E-state index in [1.165, 1.54) is 7.11 Å². The van der Waals surface area contributed by atoms with Crippen LogP contribution in [0.3, 0.4) is 0 Å². The summed E-state index contributed by atoms with van der Waals surface area (Å²) >= 11 is 0. The largest absolute Gasteiger partial charge is 0.495 e. The van der Waals surface area contributed by atoms with Crippen molar-refractivity contribution in [3.05, 3.63) is 18.0 Å². The Morgan fingerprint density at radius 2 is 2.09 bits per heavy atom. The van der Waals surface area contributed by atoms with E-state index in [2.05, 4.69) is 9.88 Å². The average molecular weight is 306 g/mol. The summed E-state index contributed by atoms with van der Waals surface area (Å²) in [5.41, 5.74) is 1.47. The molecule has 0 aliphatic carbocycles. The molecule has 2 saturated heterocycles. The van der Waals surface area contributed by atoms with Crippen molar-refractivity contribution in [2.75, 3.05) is 45.4 Å². The Hall–Kier alpha value is -1.82. The summed E-state index contributed by atoms with van der Waals surface area (Å²) in [6, 6.07) is 1.86. The second-order valence-corrected chi connectivity index (χ2v) is 6.02. The van der Waals surface area contributed by atoms with Gasteiger partial charge in [-0.15, -0.1) is 0 Å². The zero-order chi connectivity index (χ0) is 15.6. The molecule has 6 heteroatoms. The van der Waals surface area contributed by atoms with Gasteiger partial charge in [-0.25, -0.2) is 9.78 Å². The van der Waals surface area contributed by atoms with Crippen LogP contribution in [0.5, 0.6) is 5.75 Å². The third-order valence-electron chi connectivity index (χ3n) is 4.81. The number of hydrogen-bond donors (Lipinski definition) is 0. The summed E-state index contributed by atoms with van der Waals surface area (Å²) in [6.07, 6.45) is 4.84. The van der Waals surface area contributed by atoms with Crippen molar-refractivity contribution in [2.24, 2.45) is 5.41 Å². The van der Waals surface area contributed by atoms with Crippen LogP contribution in [0.15, 0.2) is 12.3 Å². The first kappa shape index (κ1) is 15.1. The maximum atomic E-state index is 12.0. The Labute approximate surface area is 130 Å². The highest BCUT2D eigenvalue weighted by Gasteiger charge is 2.38. The highest BCUT2D eigenvalue weighted by Crippen LogP contribution is 2.40. The van der Waals surface area contributed by atoms with Crippen molar-refractivity contribution in [1.29, 1.82) is 0 Å². The zero-order valence-corrected chi connectivity index (χ0v) is 13.1. The van der Waals surface area contributed by atoms with Crippen LogP contribution in [-0.4, -0.2) is 51.5 Å². The van der Waals surface area contributed by atoms with Gasteiger partial charge in [-0.05, 0) is 24.7 Å². The fourth-order valence-corrected chi connectivity index (χ4v) is 3.31. The molecule has 120 valence electrons. The first-order chi connectivity index (χ1) is 10.7. The van der Waals surface area contributed by atoms with E-state index in [1.54, 1.807) is 13.3 Å². The molecule has 2 aliphatic heterocycles. The predicted octanol–water partition coefficient (Wildman–Crippen LogP) is 1.88. The number of carbonyl (C=O) groups excluding carboxylic acids is 1. The molecule has 22 heavy (non-hydrogen) atoms. The third kappa shape index (κ3) is 2.75. The summed E-state index contributed by atoms with van der Waals surface area (Å²) in [5, 5.41) is 0. The molecule has 0 atom stereocenters. The highest BCUT2D eigenvalue weighted by atomic mass is 16.5. The van der Waals surface area contributed by atoms with Crippen molar-refractivity contribution in [1.82, 2.24) is 4.98 Å². The Morgan fingerprint density at radius 3 is 2.68 bits per heavy atom. The number of aromatic nitrogens is 1. The van der Waals surface area contributed by atoms with Gasteiger partial charge in [0.05, 0.1) is 32.7 Å². The lowest BCUT2D eigenvalue weighted by Crippen LogP contribution is -2.41. The summed E-state index contributed by atoms with van der Waals surface area (Å²) in [5.74, 6) is 0.231. The monoisotopic (exact) mass is 306 g/mol. The van der Waals surface area contributed by atoms with Crippen LogP contribution in [0, 0.1) is 5.41 Å². The number of methoxy groups -OCH3 is 2. The van der Waals surface area contributed by atoms with E-state index in [9.17, 15) is 4.79 Å². The SMILES string of the molecule is COC(=O)c1ncc(OC)cc1N1CCC2(CCOC2)CC1. The van der Waals surface area contributed by atoms with Crippen molar-refractivity contribution in [3.63, 3.8) is 0 Å². The number of nitrogens with zero attached hydrogens (tertiary/aromatic N) is 2. The van der Waals surface area contributed by atoms with Gasteiger partial charge in [0.25, 0.3) is 0 Å². The summed E-state index contributed by atoms with van der Waals surface area (Å²) < 4.78 is 15.7. The summed E-state index contributed by atoms with van der Waals surface area (Å²) in [4.78, 5) is 18.4. The smallest absolute Gasteiger partial charge is 0.358 e. The number of pyridine rings is 1. The van der Waals surface area contributed by atoms with Crippen molar-refractivity contribution < 1.29 is 19.0 Å². The van der Waals surface area contributed by atoms with Crippen LogP contribution >= 0.6 is 0 Å². The summed E-state index contributed by atoms with van der Waals surface area (Å²) in [6.45, 7) is 3.51. The van der Waals surface area contributed by atoms with E-state index >= 15 is 0 Å². The Morgan fingerprint density at radius 1 is 1.32 bits per heavy atom. The lowest BCUT2D eigenvalue weighted by atomic mass is 9.78. The van der Waals surface area contributed by atoms with E-state index in [4.69, 9.17) is 14.2 Å². The molecule has 0 radical (unpaired) electrons. The second kappa shape index (κ2) is 6.12. The van der Waals surface area contributed by atoms with Gasteiger partial charge in [0, 0.05) is 25.8 Å². The topological polar surface area (TPSA) is 60.9 Å². The van der Waals surface area contributed by atoms with Gasteiger partial charge in [-0.1, -0.05) is 0 Å². The quantitative estimate of drug-likeness (QED) is 0.795. The van der Waals surface area contributed by atoms with Crippen LogP contribution in [-0.2, 0) is 9.47 Å². The molecule has 2 aliphatic rings. The molecule has 0 bridgehead atoms. The number of anilines is 1. The molecular formula is C16H22N2O4. The number of carbonyl (C=O) groups is 1. The molecule has 2 fully saturated rings. The van der Waals surface area contributed by atoms with Gasteiger partial charge in [-0.2, -0.15) is 0 Å². The average Bonchev–Trinajstić information content (AvgIpc) is 3.02. The van der Waals surface area contributed by atoms with E-state index < -0.39 is 5.97 Å². The van der Waals surface area contributed by atoms with Crippen LogP contribution in [0.1, 0.15) is 29.8 Å². The number of esters is 1. The lowest BCUT2D eigenvalue weighted by molar-refractivity contribution is 0.0594. The Kier molecular flexibility index (Phi) is 4.20. The number of rotatable bonds is 3. The predicted molar refractivity (Wildman–Crippen MR) is 81.4 cm³/mol. The molecule has 0 saturated carbocycles. The maximum Gasteiger partial charge on any atom is 0.358 e. The van der Waals surface area contributed by atoms with Crippen LogP contribution in [0.2, 0.25) is 0 Å². The standard InChI is InChI=1S/C16H22N2O4/c1-20-12-9-13(14(17-10-12)15(19)21-2)18-6-3-16(4-7-18)5-8-22-11-16/h9-10H,3-8,11H2,1-2H3. The number of ether oxygens (including phenoxy) is 3. The number of hydrogen-bond acceptors (Lipinski definition) is 6. The van der Waals surface area contributed by atoms with E-state index in [0.717, 1.165) is 51.3 Å². The third-order valence-corrected chi connectivity index (χ3v) is 4.81. The highest BCUT2D eigenvalue weighted by molar-refractivity contribution is 5.93. The maximum absolute atomic E-state index is 12.0. The van der Waals surface area contributed by atoms with Crippen molar-refractivity contribution in [2.45, 2.75) is 19.3 Å². The summed E-state index contributed by atoms with van der Waals surface area (Å²) in [7, 11) is 2.97. The Balaban J connectivity index is 1.82. The normalized spacial score (nSPS) is 20.2. The molecule has 1 spiro atoms. The van der Waals surface area contributed by atoms with Crippen molar-refractivity contribution in [3.8, 4) is 5.75 Å². The molecule has 0 aromatic carbocycles. The van der Waals surface area contributed by atoms with Crippen LogP contribution in [0.25, 0.3) is 0 Å². The first-order valence-corrected chi connectivity index (χ1v) is 7.62. The zero-order valence-electron chi connectivity index (χ0n) is 13.1. The molecule has 1 aromatic rings. The van der Waals surface area contributed by atoms with E-state index in [-0.39, 0.29) is 0 Å².